The summed E-state index contributed by atoms with van der Waals surface area (Å²) >= 11 is 0. The summed E-state index contributed by atoms with van der Waals surface area (Å²) in [5, 5.41) is 11.9. The molecule has 0 bridgehead atoms. The summed E-state index contributed by atoms with van der Waals surface area (Å²) in [6.07, 6.45) is -14.3. The topological polar surface area (TPSA) is 146 Å². The maximum Gasteiger partial charge on any atom is 0.411 e. The summed E-state index contributed by atoms with van der Waals surface area (Å²) in [5.41, 5.74) is -4.82. The Balaban J connectivity index is 1.08. The second kappa shape index (κ2) is 17.5. The summed E-state index contributed by atoms with van der Waals surface area (Å²) in [6, 6.07) is 31.6. The first-order chi connectivity index (χ1) is 35.8. The Morgan fingerprint density at radius 2 is 0.908 bits per heavy atom. The van der Waals surface area contributed by atoms with Crippen molar-refractivity contribution in [3.05, 3.63) is 222 Å². The van der Waals surface area contributed by atoms with Gasteiger partial charge in [0.1, 0.15) is 0 Å². The Bertz CT molecular complexity index is 3690. The van der Waals surface area contributed by atoms with E-state index in [9.17, 15) is 38.7 Å². The van der Waals surface area contributed by atoms with Crippen LogP contribution in [0.1, 0.15) is 156 Å². The van der Waals surface area contributed by atoms with Gasteiger partial charge in [-0.05, 0) is 140 Å². The smallest absolute Gasteiger partial charge is 0.369 e. The highest BCUT2D eigenvalue weighted by Gasteiger charge is 2.73. The van der Waals surface area contributed by atoms with Gasteiger partial charge in [0.15, 0.2) is 29.4 Å². The molecule has 0 saturated carbocycles. The third-order valence-corrected chi connectivity index (χ3v) is 15.0. The van der Waals surface area contributed by atoms with Crippen LogP contribution in [-0.4, -0.2) is 58.3 Å². The number of aliphatic hydroxyl groups excluding tert-OH is 1. The Morgan fingerprint density at radius 3 is 1.37 bits per heavy atom. The Morgan fingerprint density at radius 1 is 0.474 bits per heavy atom. The molecule has 1 aliphatic carbocycles. The number of hydrogen-bond acceptors (Lipinski definition) is 8. The van der Waals surface area contributed by atoms with Crippen molar-refractivity contribution in [1.82, 2.24) is 0 Å². The maximum absolute atomic E-state index is 15.5. The van der Waals surface area contributed by atoms with Crippen LogP contribution >= 0.6 is 0 Å². The molecule has 1 atom stereocenters. The predicted octanol–water partition coefficient (Wildman–Crippen LogP) is 12.3. The number of ketones is 4. The van der Waals surface area contributed by atoms with Gasteiger partial charge in [0.2, 0.25) is 5.41 Å². The minimum Gasteiger partial charge on any atom is -0.369 e. The number of anilines is 2. The molecule has 1 unspecified atom stereocenters. The fourth-order valence-corrected chi connectivity index (χ4v) is 11.6. The van der Waals surface area contributed by atoms with Gasteiger partial charge in [0, 0.05) is 39.1 Å². The summed E-state index contributed by atoms with van der Waals surface area (Å²) in [4.78, 5) is 94.3. The highest BCUT2D eigenvalue weighted by molar-refractivity contribution is 6.35. The maximum atomic E-state index is 15.5. The number of fused-ring (bicyclic) bond motifs is 5. The molecule has 10 rings (SSSR count). The van der Waals surface area contributed by atoms with Crippen LogP contribution in [0.4, 0.5) is 37.7 Å². The van der Waals surface area contributed by atoms with Crippen molar-refractivity contribution in [3.63, 3.8) is 0 Å². The number of Topliss-reactive ketones (excluding diaryl/α,β-unsaturated/α-hetero) is 4. The summed E-state index contributed by atoms with van der Waals surface area (Å²) < 4.78 is 92.8. The second-order valence-electron chi connectivity index (χ2n) is 19.3. The van der Waals surface area contributed by atoms with Gasteiger partial charge in [-0.1, -0.05) is 91.0 Å². The van der Waals surface area contributed by atoms with Gasteiger partial charge in [-0.15, -0.1) is 0 Å². The third kappa shape index (κ3) is 7.10. The Labute approximate surface area is 430 Å². The molecule has 382 valence electrons. The first-order valence-electron chi connectivity index (χ1n) is 23.7. The molecule has 2 heterocycles. The van der Waals surface area contributed by atoms with Crippen molar-refractivity contribution < 1.29 is 65.0 Å². The number of alkyl halides is 6. The standard InChI is InChI=1S/C60H42F6N2O8/c1-29-23-35(17-21-51(29)67-53(73)42-20-16-38(26-46(42)54(67)74)58(59(61,62)63,60(64,65)66)37-15-19-39(31(3)69)43(25-37)32(4)70)57(49-13-9-7-11-40(49)41-12-8-10-14-50(41)57)36-18-22-52(30(2)24-36)68-55(75)47-27-44(33(5)71)45(34(6)72)28-48(47)56(68)76/h7-28,54,74H,1-6H3. The molecule has 3 amide bonds. The van der Waals surface area contributed by atoms with Crippen LogP contribution in [0, 0.1) is 13.8 Å². The molecule has 2 aliphatic heterocycles. The van der Waals surface area contributed by atoms with Crippen molar-refractivity contribution in [2.75, 3.05) is 9.80 Å². The van der Waals surface area contributed by atoms with Crippen LogP contribution in [-0.2, 0) is 10.8 Å². The molecule has 0 fully saturated rings. The molecule has 3 aliphatic rings. The van der Waals surface area contributed by atoms with Gasteiger partial charge < -0.3 is 5.11 Å². The van der Waals surface area contributed by atoms with Crippen LogP contribution in [0.5, 0.6) is 0 Å². The molecule has 16 heteroatoms. The van der Waals surface area contributed by atoms with Crippen molar-refractivity contribution >= 4 is 52.2 Å². The van der Waals surface area contributed by atoms with E-state index in [1.165, 1.54) is 32.0 Å². The third-order valence-electron chi connectivity index (χ3n) is 15.0. The van der Waals surface area contributed by atoms with Crippen molar-refractivity contribution in [2.45, 2.75) is 71.0 Å². The predicted molar refractivity (Wildman–Crippen MR) is 268 cm³/mol. The lowest BCUT2D eigenvalue weighted by molar-refractivity contribution is -0.288. The zero-order chi connectivity index (χ0) is 54.9. The molecular weight excluding hydrogens is 991 g/mol. The quantitative estimate of drug-likeness (QED) is 0.0809. The van der Waals surface area contributed by atoms with Crippen LogP contribution in [0.15, 0.2) is 133 Å². The lowest BCUT2D eigenvalue weighted by Gasteiger charge is -2.38. The van der Waals surface area contributed by atoms with Crippen molar-refractivity contribution in [2.24, 2.45) is 0 Å². The molecular formula is C60H42F6N2O8. The van der Waals surface area contributed by atoms with Crippen molar-refractivity contribution in [3.8, 4) is 11.1 Å². The minimum absolute atomic E-state index is 0.0136. The SMILES string of the molecule is CC(=O)c1ccc(C(c2ccc3c(c2)C(O)N(c2ccc(C4(c5ccc(N6C(=O)c7cc(C(C)=O)c(C(C)=O)cc7C6=O)c(C)c5)c5ccccc5-c5ccccc54)cc2C)C3=O)(C(F)(F)F)C(F)(F)F)cc1C(C)=O. The van der Waals surface area contributed by atoms with E-state index in [4.69, 9.17) is 0 Å². The molecule has 0 radical (unpaired) electrons. The first kappa shape index (κ1) is 50.9. The van der Waals surface area contributed by atoms with Gasteiger partial charge in [0.05, 0.1) is 22.2 Å². The van der Waals surface area contributed by atoms with Gasteiger partial charge >= 0.3 is 12.4 Å². The van der Waals surface area contributed by atoms with Crippen LogP contribution in [0.25, 0.3) is 11.1 Å². The number of benzene rings is 7. The van der Waals surface area contributed by atoms with E-state index < -0.39 is 92.5 Å². The number of imide groups is 1. The summed E-state index contributed by atoms with van der Waals surface area (Å²) in [6.45, 7) is 7.80. The molecule has 0 aromatic heterocycles. The van der Waals surface area contributed by atoms with Gasteiger partial charge in [-0.3, -0.25) is 38.5 Å². The molecule has 0 saturated heterocycles. The summed E-state index contributed by atoms with van der Waals surface area (Å²) in [7, 11) is 0. The normalized spacial score (nSPS) is 15.6. The van der Waals surface area contributed by atoms with Crippen LogP contribution in [0.2, 0.25) is 0 Å². The highest BCUT2D eigenvalue weighted by atomic mass is 19.4. The second-order valence-corrected chi connectivity index (χ2v) is 19.3. The molecule has 7 aromatic rings. The Kier molecular flexibility index (Phi) is 11.7. The van der Waals surface area contributed by atoms with Crippen molar-refractivity contribution in [1.29, 1.82) is 0 Å². The number of aliphatic hydroxyl groups is 1. The molecule has 0 spiro atoms. The van der Waals surface area contributed by atoms with Gasteiger partial charge in [-0.2, -0.15) is 26.3 Å². The average molecular weight is 1030 g/mol. The number of aryl methyl sites for hydroxylation is 2. The van der Waals surface area contributed by atoms with Crippen LogP contribution in [0.3, 0.4) is 0 Å². The van der Waals surface area contributed by atoms with Gasteiger partial charge in [0.25, 0.3) is 17.7 Å². The molecule has 76 heavy (non-hydrogen) atoms. The fraction of sp³-hybridized carbons (Fsp3) is 0.183. The number of halogens is 6. The molecule has 7 aromatic carbocycles. The summed E-state index contributed by atoms with van der Waals surface area (Å²) in [5.74, 6) is -4.91. The minimum atomic E-state index is -6.12. The number of amides is 3. The number of carbonyl (C=O) groups excluding carboxylic acids is 7. The number of rotatable bonds is 10. The zero-order valence-electron chi connectivity index (χ0n) is 41.2. The molecule has 10 nitrogen and oxygen atoms in total. The zero-order valence-corrected chi connectivity index (χ0v) is 41.2. The lowest BCUT2D eigenvalue weighted by atomic mass is 9.67. The number of carbonyl (C=O) groups is 7. The number of nitrogens with zero attached hydrogens (tertiary/aromatic N) is 2. The lowest BCUT2D eigenvalue weighted by Crippen LogP contribution is -2.55. The van der Waals surface area contributed by atoms with E-state index in [1.807, 2.05) is 54.6 Å². The molecule has 1 N–H and O–H groups in total. The van der Waals surface area contributed by atoms with Crippen LogP contribution < -0.4 is 9.80 Å². The van der Waals surface area contributed by atoms with E-state index >= 15 is 26.3 Å². The van der Waals surface area contributed by atoms with E-state index in [0.717, 1.165) is 58.0 Å². The highest BCUT2D eigenvalue weighted by Crippen LogP contribution is 2.59. The monoisotopic (exact) mass is 1030 g/mol. The van der Waals surface area contributed by atoms with E-state index in [2.05, 4.69) is 0 Å². The Hall–Kier alpha value is -8.63. The van der Waals surface area contributed by atoms with E-state index in [-0.39, 0.29) is 44.8 Å². The van der Waals surface area contributed by atoms with Gasteiger partial charge in [-0.25, -0.2) is 4.90 Å². The van der Waals surface area contributed by atoms with E-state index in [0.29, 0.717) is 46.5 Å². The van der Waals surface area contributed by atoms with E-state index in [1.54, 1.807) is 38.1 Å². The first-order valence-corrected chi connectivity index (χ1v) is 23.7. The largest absolute Gasteiger partial charge is 0.411 e. The fourth-order valence-electron chi connectivity index (χ4n) is 11.6. The number of hydrogen-bond donors (Lipinski definition) is 1. The average Bonchev–Trinajstić information content (AvgIpc) is 3.90.